The summed E-state index contributed by atoms with van der Waals surface area (Å²) in [7, 11) is 3.16. The van der Waals surface area contributed by atoms with Gasteiger partial charge in [-0.1, -0.05) is 18.2 Å². The summed E-state index contributed by atoms with van der Waals surface area (Å²) in [6.45, 7) is 2.04. The fourth-order valence-electron chi connectivity index (χ4n) is 3.36. The molecular formula is C24H23N3O3. The van der Waals surface area contributed by atoms with Crippen molar-refractivity contribution in [2.75, 3.05) is 19.5 Å². The molecule has 152 valence electrons. The van der Waals surface area contributed by atoms with E-state index in [4.69, 9.17) is 14.5 Å². The van der Waals surface area contributed by atoms with Crippen molar-refractivity contribution in [3.8, 4) is 22.8 Å². The van der Waals surface area contributed by atoms with Gasteiger partial charge in [-0.25, -0.2) is 4.98 Å². The molecule has 2 heterocycles. The summed E-state index contributed by atoms with van der Waals surface area (Å²) in [4.78, 5) is 17.3. The molecule has 1 amide bonds. The van der Waals surface area contributed by atoms with Crippen LogP contribution in [-0.2, 0) is 11.2 Å². The van der Waals surface area contributed by atoms with Gasteiger partial charge in [-0.3, -0.25) is 4.79 Å². The summed E-state index contributed by atoms with van der Waals surface area (Å²) >= 11 is 0. The Bertz CT molecular complexity index is 1210. The van der Waals surface area contributed by atoms with E-state index in [9.17, 15) is 4.79 Å². The van der Waals surface area contributed by atoms with Crippen LogP contribution in [0.5, 0.6) is 11.5 Å². The van der Waals surface area contributed by atoms with E-state index in [1.54, 1.807) is 20.3 Å². The quantitative estimate of drug-likeness (QED) is 0.516. The van der Waals surface area contributed by atoms with Gasteiger partial charge in [-0.05, 0) is 54.4 Å². The Balaban J connectivity index is 1.50. The summed E-state index contributed by atoms with van der Waals surface area (Å²) in [5, 5.41) is 2.96. The van der Waals surface area contributed by atoms with E-state index in [-0.39, 0.29) is 12.3 Å². The number of hydrogen-bond acceptors (Lipinski definition) is 4. The summed E-state index contributed by atoms with van der Waals surface area (Å²) in [5.74, 6) is 1.13. The van der Waals surface area contributed by atoms with Gasteiger partial charge in [-0.2, -0.15) is 0 Å². The Kier molecular flexibility index (Phi) is 5.39. The topological polar surface area (TPSA) is 64.9 Å². The van der Waals surface area contributed by atoms with E-state index in [0.29, 0.717) is 11.5 Å². The number of imidazole rings is 1. The number of carbonyl (C=O) groups excluding carboxylic acids is 1. The smallest absolute Gasteiger partial charge is 0.228 e. The van der Waals surface area contributed by atoms with E-state index in [1.807, 2.05) is 72.2 Å². The third-order valence-electron chi connectivity index (χ3n) is 4.87. The Labute approximate surface area is 175 Å². The lowest BCUT2D eigenvalue weighted by Crippen LogP contribution is -2.14. The monoisotopic (exact) mass is 401 g/mol. The van der Waals surface area contributed by atoms with Gasteiger partial charge in [0, 0.05) is 23.6 Å². The predicted molar refractivity (Wildman–Crippen MR) is 117 cm³/mol. The first kappa shape index (κ1) is 19.5. The lowest BCUT2D eigenvalue weighted by Gasteiger charge is -2.10. The molecule has 0 unspecified atom stereocenters. The lowest BCUT2D eigenvalue weighted by molar-refractivity contribution is -0.115. The van der Waals surface area contributed by atoms with Gasteiger partial charge in [-0.15, -0.1) is 0 Å². The summed E-state index contributed by atoms with van der Waals surface area (Å²) in [6.07, 6.45) is 4.22. The van der Waals surface area contributed by atoms with Crippen molar-refractivity contribution in [1.29, 1.82) is 0 Å². The highest BCUT2D eigenvalue weighted by atomic mass is 16.5. The Hall–Kier alpha value is -3.80. The second kappa shape index (κ2) is 8.29. The molecule has 0 aliphatic rings. The molecule has 0 spiro atoms. The molecule has 0 saturated carbocycles. The molecular weight excluding hydrogens is 378 g/mol. The number of nitrogens with one attached hydrogen (secondary N) is 1. The van der Waals surface area contributed by atoms with Crippen molar-refractivity contribution in [1.82, 2.24) is 9.38 Å². The molecule has 0 bridgehead atoms. The molecule has 6 nitrogen and oxygen atoms in total. The molecule has 4 aromatic rings. The number of benzene rings is 2. The van der Waals surface area contributed by atoms with Gasteiger partial charge < -0.3 is 19.2 Å². The van der Waals surface area contributed by atoms with Crippen LogP contribution in [0.3, 0.4) is 0 Å². The van der Waals surface area contributed by atoms with Crippen LogP contribution in [0.1, 0.15) is 11.1 Å². The maximum absolute atomic E-state index is 12.6. The van der Waals surface area contributed by atoms with E-state index in [1.165, 1.54) is 0 Å². The molecule has 0 aliphatic heterocycles. The molecule has 0 atom stereocenters. The van der Waals surface area contributed by atoms with E-state index in [0.717, 1.165) is 33.7 Å². The van der Waals surface area contributed by atoms with E-state index < -0.39 is 0 Å². The number of ether oxygens (including phenoxy) is 2. The standard InChI is InChI=1S/C24H23N3O3/c1-16-9-10-27-15-20(26-23(27)11-16)18-5-4-6-19(14-18)25-24(28)13-17-7-8-21(29-2)22(12-17)30-3/h4-12,14-15H,13H2,1-3H3,(H,25,28). The number of nitrogens with zero attached hydrogens (tertiary/aromatic N) is 2. The maximum Gasteiger partial charge on any atom is 0.228 e. The predicted octanol–water partition coefficient (Wildman–Crippen LogP) is 4.51. The highest BCUT2D eigenvalue weighted by molar-refractivity contribution is 5.93. The normalized spacial score (nSPS) is 10.8. The first-order chi connectivity index (χ1) is 14.6. The summed E-state index contributed by atoms with van der Waals surface area (Å²) in [6, 6.07) is 17.3. The first-order valence-corrected chi connectivity index (χ1v) is 9.62. The minimum atomic E-state index is -0.106. The van der Waals surface area contributed by atoms with E-state index >= 15 is 0 Å². The molecule has 1 N–H and O–H groups in total. The minimum Gasteiger partial charge on any atom is -0.493 e. The second-order valence-corrected chi connectivity index (χ2v) is 7.09. The fraction of sp³-hybridized carbons (Fsp3) is 0.167. The van der Waals surface area contributed by atoms with Crippen LogP contribution in [0.25, 0.3) is 16.9 Å². The average molecular weight is 401 g/mol. The van der Waals surface area contributed by atoms with Gasteiger partial charge >= 0.3 is 0 Å². The average Bonchev–Trinajstić information content (AvgIpc) is 3.17. The highest BCUT2D eigenvalue weighted by Crippen LogP contribution is 2.28. The van der Waals surface area contributed by atoms with Crippen LogP contribution < -0.4 is 14.8 Å². The van der Waals surface area contributed by atoms with Gasteiger partial charge in [0.1, 0.15) is 5.65 Å². The first-order valence-electron chi connectivity index (χ1n) is 9.62. The third kappa shape index (κ3) is 4.12. The van der Waals surface area contributed by atoms with Crippen LogP contribution in [0.4, 0.5) is 5.69 Å². The fourth-order valence-corrected chi connectivity index (χ4v) is 3.36. The Morgan fingerprint density at radius 2 is 1.87 bits per heavy atom. The van der Waals surface area contributed by atoms with Crippen molar-refractivity contribution in [2.24, 2.45) is 0 Å². The largest absolute Gasteiger partial charge is 0.493 e. The number of aryl methyl sites for hydroxylation is 1. The zero-order valence-electron chi connectivity index (χ0n) is 17.2. The van der Waals surface area contributed by atoms with E-state index in [2.05, 4.69) is 5.32 Å². The summed E-state index contributed by atoms with van der Waals surface area (Å²) < 4.78 is 12.5. The number of fused-ring (bicyclic) bond motifs is 1. The zero-order chi connectivity index (χ0) is 21.1. The number of carbonyl (C=O) groups is 1. The third-order valence-corrected chi connectivity index (χ3v) is 4.87. The van der Waals surface area contributed by atoms with Crippen LogP contribution in [0.2, 0.25) is 0 Å². The number of aromatic nitrogens is 2. The Morgan fingerprint density at radius 3 is 2.67 bits per heavy atom. The van der Waals surface area contributed by atoms with Crippen molar-refractivity contribution in [3.63, 3.8) is 0 Å². The minimum absolute atomic E-state index is 0.106. The molecule has 2 aromatic heterocycles. The highest BCUT2D eigenvalue weighted by Gasteiger charge is 2.10. The maximum atomic E-state index is 12.6. The second-order valence-electron chi connectivity index (χ2n) is 7.09. The number of amides is 1. The molecule has 0 radical (unpaired) electrons. The van der Waals surface area contributed by atoms with Gasteiger partial charge in [0.15, 0.2) is 11.5 Å². The molecule has 0 saturated heterocycles. The van der Waals surface area contributed by atoms with Crippen molar-refractivity contribution >= 4 is 17.2 Å². The van der Waals surface area contributed by atoms with Gasteiger partial charge in [0.05, 0.1) is 26.3 Å². The number of hydrogen-bond donors (Lipinski definition) is 1. The molecule has 30 heavy (non-hydrogen) atoms. The van der Waals surface area contributed by atoms with Crippen LogP contribution in [0, 0.1) is 6.92 Å². The molecule has 0 aliphatic carbocycles. The van der Waals surface area contributed by atoms with Crippen molar-refractivity contribution < 1.29 is 14.3 Å². The SMILES string of the molecule is COc1ccc(CC(=O)Nc2cccc(-c3cn4ccc(C)cc4n3)c2)cc1OC. The van der Waals surface area contributed by atoms with Crippen LogP contribution in [0.15, 0.2) is 67.0 Å². The summed E-state index contributed by atoms with van der Waals surface area (Å²) in [5.41, 5.74) is 5.43. The van der Waals surface area contributed by atoms with Gasteiger partial charge in [0.2, 0.25) is 5.91 Å². The molecule has 2 aromatic carbocycles. The molecule has 6 heteroatoms. The molecule has 0 fully saturated rings. The van der Waals surface area contributed by atoms with Crippen molar-refractivity contribution in [2.45, 2.75) is 13.3 Å². The van der Waals surface area contributed by atoms with Crippen LogP contribution in [-0.4, -0.2) is 29.5 Å². The Morgan fingerprint density at radius 1 is 1.03 bits per heavy atom. The number of pyridine rings is 1. The number of anilines is 1. The van der Waals surface area contributed by atoms with Gasteiger partial charge in [0.25, 0.3) is 0 Å². The van der Waals surface area contributed by atoms with Crippen molar-refractivity contribution in [3.05, 3.63) is 78.1 Å². The van der Waals surface area contributed by atoms with Crippen LogP contribution >= 0.6 is 0 Å². The number of methoxy groups -OCH3 is 2. The molecule has 4 rings (SSSR count). The number of rotatable bonds is 6. The lowest BCUT2D eigenvalue weighted by atomic mass is 10.1. The zero-order valence-corrected chi connectivity index (χ0v) is 17.2.